The molecular formula is C9H19NO. The molecule has 0 bridgehead atoms. The lowest BCUT2D eigenvalue weighted by atomic mass is 9.98. The molecule has 0 aromatic rings. The number of hydrogen-bond acceptors (Lipinski definition) is 2. The van der Waals surface area contributed by atoms with Crippen LogP contribution >= 0.6 is 0 Å². The maximum atomic E-state index is 9.45. The fourth-order valence-electron chi connectivity index (χ4n) is 1.62. The molecule has 0 saturated carbocycles. The Morgan fingerprint density at radius 3 is 2.73 bits per heavy atom. The Balaban J connectivity index is 2.58. The number of rotatable bonds is 0. The Morgan fingerprint density at radius 1 is 1.45 bits per heavy atom. The molecule has 1 rings (SSSR count). The molecule has 66 valence electrons. The molecule has 0 spiro atoms. The Hall–Kier alpha value is -0.0800. The predicted molar refractivity (Wildman–Crippen MR) is 46.6 cm³/mol. The fraction of sp³-hybridized carbons (Fsp3) is 1.00. The monoisotopic (exact) mass is 157 g/mol. The molecular weight excluding hydrogens is 138 g/mol. The predicted octanol–water partition coefficient (Wildman–Crippen LogP) is 1.24. The molecule has 11 heavy (non-hydrogen) atoms. The molecule has 2 nitrogen and oxygen atoms in total. The van der Waals surface area contributed by atoms with Crippen LogP contribution in [0.4, 0.5) is 0 Å². The third-order valence-corrected chi connectivity index (χ3v) is 2.84. The quantitative estimate of drug-likeness (QED) is 0.572. The molecule has 0 aliphatic carbocycles. The maximum absolute atomic E-state index is 9.45. The van der Waals surface area contributed by atoms with Gasteiger partial charge in [0.15, 0.2) is 0 Å². The van der Waals surface area contributed by atoms with Crippen LogP contribution in [0.1, 0.15) is 33.1 Å². The smallest absolute Gasteiger partial charge is 0.0667 e. The molecule has 1 saturated heterocycles. The number of β-amino-alcohol motifs (C(OH)–C–C–N with tert-alkyl or cyclic N) is 1. The lowest BCUT2D eigenvalue weighted by Crippen LogP contribution is -2.42. The van der Waals surface area contributed by atoms with Crippen molar-refractivity contribution in [3.05, 3.63) is 0 Å². The van der Waals surface area contributed by atoms with Crippen LogP contribution in [-0.2, 0) is 0 Å². The Bertz CT molecular complexity index is 134. The first-order valence-electron chi connectivity index (χ1n) is 4.42. The highest BCUT2D eigenvalue weighted by Gasteiger charge is 2.27. The van der Waals surface area contributed by atoms with Gasteiger partial charge in [0.25, 0.3) is 0 Å². The average molecular weight is 157 g/mol. The van der Waals surface area contributed by atoms with Gasteiger partial charge in [0.05, 0.1) is 6.10 Å². The highest BCUT2D eigenvalue weighted by atomic mass is 16.3. The summed E-state index contributed by atoms with van der Waals surface area (Å²) in [5.41, 5.74) is 0.275. The second-order valence-corrected chi connectivity index (χ2v) is 4.24. The van der Waals surface area contributed by atoms with Gasteiger partial charge in [0.2, 0.25) is 0 Å². The fourth-order valence-corrected chi connectivity index (χ4v) is 1.62. The standard InChI is InChI=1S/C9H19NO/c1-9(2)6-4-5-8(11)7-10(9)3/h8,11H,4-7H2,1-3H3. The molecule has 1 unspecified atom stereocenters. The molecule has 2 heteroatoms. The van der Waals surface area contributed by atoms with Crippen LogP contribution in [0, 0.1) is 0 Å². The van der Waals surface area contributed by atoms with Gasteiger partial charge in [-0.3, -0.25) is 4.90 Å². The number of likely N-dealkylation sites (N-methyl/N-ethyl adjacent to an activating group) is 1. The van der Waals surface area contributed by atoms with Crippen molar-refractivity contribution in [1.82, 2.24) is 4.90 Å². The summed E-state index contributed by atoms with van der Waals surface area (Å²) in [6.07, 6.45) is 3.20. The highest BCUT2D eigenvalue weighted by Crippen LogP contribution is 2.24. The maximum Gasteiger partial charge on any atom is 0.0667 e. The molecule has 0 radical (unpaired) electrons. The van der Waals surface area contributed by atoms with Crippen molar-refractivity contribution in [3.63, 3.8) is 0 Å². The molecule has 0 amide bonds. The number of nitrogens with zero attached hydrogens (tertiary/aromatic N) is 1. The van der Waals surface area contributed by atoms with E-state index in [4.69, 9.17) is 0 Å². The zero-order valence-corrected chi connectivity index (χ0v) is 7.80. The van der Waals surface area contributed by atoms with Gasteiger partial charge < -0.3 is 5.11 Å². The summed E-state index contributed by atoms with van der Waals surface area (Å²) in [7, 11) is 2.09. The molecule has 0 aromatic heterocycles. The van der Waals surface area contributed by atoms with E-state index in [1.54, 1.807) is 0 Å². The summed E-state index contributed by atoms with van der Waals surface area (Å²) in [6.45, 7) is 5.31. The van der Waals surface area contributed by atoms with Crippen LogP contribution in [0.2, 0.25) is 0 Å². The van der Waals surface area contributed by atoms with Crippen LogP contribution in [-0.4, -0.2) is 35.2 Å². The van der Waals surface area contributed by atoms with Crippen molar-refractivity contribution < 1.29 is 5.11 Å². The Labute approximate surface area is 69.2 Å². The van der Waals surface area contributed by atoms with Gasteiger partial charge >= 0.3 is 0 Å². The minimum atomic E-state index is -0.109. The van der Waals surface area contributed by atoms with Crippen LogP contribution in [0.15, 0.2) is 0 Å². The lowest BCUT2D eigenvalue weighted by molar-refractivity contribution is 0.0894. The summed E-state index contributed by atoms with van der Waals surface area (Å²) in [4.78, 5) is 2.25. The molecule has 1 aliphatic heterocycles. The minimum absolute atomic E-state index is 0.109. The van der Waals surface area contributed by atoms with E-state index in [2.05, 4.69) is 25.8 Å². The van der Waals surface area contributed by atoms with Crippen LogP contribution in [0.3, 0.4) is 0 Å². The molecule has 1 atom stereocenters. The first kappa shape index (κ1) is 9.01. The SMILES string of the molecule is CN1CC(O)CCCC1(C)C. The van der Waals surface area contributed by atoms with Crippen LogP contribution in [0.5, 0.6) is 0 Å². The molecule has 1 N–H and O–H groups in total. The van der Waals surface area contributed by atoms with Crippen LogP contribution in [0.25, 0.3) is 0 Å². The van der Waals surface area contributed by atoms with Gasteiger partial charge in [0, 0.05) is 12.1 Å². The van der Waals surface area contributed by atoms with Crippen molar-refractivity contribution in [2.24, 2.45) is 0 Å². The number of likely N-dealkylation sites (tertiary alicyclic amines) is 1. The first-order valence-corrected chi connectivity index (χ1v) is 4.42. The topological polar surface area (TPSA) is 23.5 Å². The zero-order valence-electron chi connectivity index (χ0n) is 7.80. The average Bonchev–Trinajstić information content (AvgIpc) is 1.94. The van der Waals surface area contributed by atoms with Gasteiger partial charge in [-0.2, -0.15) is 0 Å². The van der Waals surface area contributed by atoms with Gasteiger partial charge in [-0.15, -0.1) is 0 Å². The van der Waals surface area contributed by atoms with Gasteiger partial charge in [-0.1, -0.05) is 0 Å². The zero-order chi connectivity index (χ0) is 8.48. The largest absolute Gasteiger partial charge is 0.392 e. The van der Waals surface area contributed by atoms with Gasteiger partial charge in [0.1, 0.15) is 0 Å². The van der Waals surface area contributed by atoms with Crippen molar-refractivity contribution in [3.8, 4) is 0 Å². The Morgan fingerprint density at radius 2 is 2.09 bits per heavy atom. The van der Waals surface area contributed by atoms with Crippen molar-refractivity contribution in [1.29, 1.82) is 0 Å². The molecule has 1 fully saturated rings. The van der Waals surface area contributed by atoms with Crippen molar-refractivity contribution >= 4 is 0 Å². The van der Waals surface area contributed by atoms with E-state index in [9.17, 15) is 5.11 Å². The van der Waals surface area contributed by atoms with E-state index >= 15 is 0 Å². The van der Waals surface area contributed by atoms with E-state index in [1.807, 2.05) is 0 Å². The van der Waals surface area contributed by atoms with E-state index in [0.717, 1.165) is 19.4 Å². The van der Waals surface area contributed by atoms with Crippen LogP contribution < -0.4 is 0 Å². The summed E-state index contributed by atoms with van der Waals surface area (Å²) < 4.78 is 0. The second kappa shape index (κ2) is 3.11. The summed E-state index contributed by atoms with van der Waals surface area (Å²) in [6, 6.07) is 0. The highest BCUT2D eigenvalue weighted by molar-refractivity contribution is 4.84. The summed E-state index contributed by atoms with van der Waals surface area (Å²) >= 11 is 0. The Kier molecular flexibility index (Phi) is 2.55. The second-order valence-electron chi connectivity index (χ2n) is 4.24. The van der Waals surface area contributed by atoms with Crippen molar-refractivity contribution in [2.45, 2.75) is 44.8 Å². The first-order chi connectivity index (χ1) is 5.02. The lowest BCUT2D eigenvalue weighted by Gasteiger charge is -2.34. The summed E-state index contributed by atoms with van der Waals surface area (Å²) in [5.74, 6) is 0. The van der Waals surface area contributed by atoms with E-state index in [-0.39, 0.29) is 11.6 Å². The third kappa shape index (κ3) is 2.17. The summed E-state index contributed by atoms with van der Waals surface area (Å²) in [5, 5.41) is 9.45. The number of aliphatic hydroxyl groups is 1. The molecule has 0 aromatic carbocycles. The molecule has 1 heterocycles. The van der Waals surface area contributed by atoms with E-state index in [1.165, 1.54) is 6.42 Å². The molecule has 1 aliphatic rings. The number of aliphatic hydroxyl groups excluding tert-OH is 1. The van der Waals surface area contributed by atoms with Gasteiger partial charge in [-0.05, 0) is 40.2 Å². The van der Waals surface area contributed by atoms with E-state index in [0.29, 0.717) is 0 Å². The van der Waals surface area contributed by atoms with E-state index < -0.39 is 0 Å². The van der Waals surface area contributed by atoms with Crippen molar-refractivity contribution in [2.75, 3.05) is 13.6 Å². The van der Waals surface area contributed by atoms with Gasteiger partial charge in [-0.25, -0.2) is 0 Å². The third-order valence-electron chi connectivity index (χ3n) is 2.84. The normalized spacial score (nSPS) is 33.3. The minimum Gasteiger partial charge on any atom is -0.392 e. The number of hydrogen-bond donors (Lipinski definition) is 1.